The third kappa shape index (κ3) is 4.53. The number of anilines is 1. The molecule has 3 nitrogen and oxygen atoms in total. The third-order valence-electron chi connectivity index (χ3n) is 3.56. The fourth-order valence-electron chi connectivity index (χ4n) is 2.28. The molecule has 0 aliphatic carbocycles. The minimum absolute atomic E-state index is 0.0401. The summed E-state index contributed by atoms with van der Waals surface area (Å²) in [7, 11) is -0.894. The molecule has 0 aromatic heterocycles. The van der Waals surface area contributed by atoms with Crippen molar-refractivity contribution in [2.24, 2.45) is 0 Å². The standard InChI is InChI=1S/C18H21NO2S/c1-13-7-9-15(10-8-13)11-18(20)19-17-6-4-5-16(14(17)2)12-22(3)21/h4-10H,11-12H2,1-3H3,(H,19,20)/t22-/m0/s1. The van der Waals surface area contributed by atoms with Gasteiger partial charge in [-0.3, -0.25) is 9.00 Å². The summed E-state index contributed by atoms with van der Waals surface area (Å²) in [6.07, 6.45) is 2.03. The van der Waals surface area contributed by atoms with E-state index in [-0.39, 0.29) is 5.91 Å². The Morgan fingerprint density at radius 3 is 2.41 bits per heavy atom. The lowest BCUT2D eigenvalue weighted by atomic mass is 10.1. The fourth-order valence-corrected chi connectivity index (χ4v) is 3.03. The Morgan fingerprint density at radius 1 is 1.09 bits per heavy atom. The van der Waals surface area contributed by atoms with Crippen LogP contribution in [0.3, 0.4) is 0 Å². The van der Waals surface area contributed by atoms with Crippen molar-refractivity contribution in [2.45, 2.75) is 26.0 Å². The molecular weight excluding hydrogens is 294 g/mol. The van der Waals surface area contributed by atoms with Crippen molar-refractivity contribution < 1.29 is 9.00 Å². The van der Waals surface area contributed by atoms with Crippen molar-refractivity contribution in [1.82, 2.24) is 0 Å². The van der Waals surface area contributed by atoms with Gasteiger partial charge in [-0.05, 0) is 36.6 Å². The molecule has 116 valence electrons. The molecule has 0 saturated carbocycles. The predicted molar refractivity (Wildman–Crippen MR) is 92.5 cm³/mol. The Morgan fingerprint density at radius 2 is 1.77 bits per heavy atom. The first-order valence-corrected chi connectivity index (χ1v) is 8.92. The highest BCUT2D eigenvalue weighted by molar-refractivity contribution is 7.83. The van der Waals surface area contributed by atoms with Crippen LogP contribution in [0, 0.1) is 13.8 Å². The van der Waals surface area contributed by atoms with Crippen LogP contribution in [-0.2, 0) is 27.8 Å². The average molecular weight is 315 g/mol. The normalized spacial score (nSPS) is 12.0. The summed E-state index contributed by atoms with van der Waals surface area (Å²) in [6, 6.07) is 13.7. The second-order valence-corrected chi connectivity index (χ2v) is 6.95. The SMILES string of the molecule is Cc1ccc(CC(=O)Nc2cccc(C[S@](C)=O)c2C)cc1. The third-order valence-corrected chi connectivity index (χ3v) is 4.28. The highest BCUT2D eigenvalue weighted by Gasteiger charge is 2.09. The number of aryl methyl sites for hydroxylation is 1. The summed E-state index contributed by atoms with van der Waals surface area (Å²) < 4.78 is 11.4. The number of carbonyl (C=O) groups is 1. The lowest BCUT2D eigenvalue weighted by molar-refractivity contribution is -0.115. The van der Waals surface area contributed by atoms with Gasteiger partial charge in [0.2, 0.25) is 5.91 Å². The molecule has 0 fully saturated rings. The molecule has 0 bridgehead atoms. The van der Waals surface area contributed by atoms with Crippen LogP contribution in [0.15, 0.2) is 42.5 Å². The van der Waals surface area contributed by atoms with Gasteiger partial charge in [0.25, 0.3) is 0 Å². The minimum Gasteiger partial charge on any atom is -0.326 e. The quantitative estimate of drug-likeness (QED) is 0.919. The minimum atomic E-state index is -0.894. The highest BCUT2D eigenvalue weighted by atomic mass is 32.2. The zero-order valence-electron chi connectivity index (χ0n) is 13.2. The molecule has 0 saturated heterocycles. The van der Waals surface area contributed by atoms with Crippen LogP contribution in [0.4, 0.5) is 5.69 Å². The maximum absolute atomic E-state index is 12.2. The van der Waals surface area contributed by atoms with Gasteiger partial charge in [0.15, 0.2) is 0 Å². The van der Waals surface area contributed by atoms with E-state index in [1.165, 1.54) is 5.56 Å². The first kappa shape index (κ1) is 16.4. The van der Waals surface area contributed by atoms with E-state index >= 15 is 0 Å². The van der Waals surface area contributed by atoms with Crippen molar-refractivity contribution in [3.8, 4) is 0 Å². The smallest absolute Gasteiger partial charge is 0.228 e. The molecule has 22 heavy (non-hydrogen) atoms. The molecule has 0 heterocycles. The zero-order valence-corrected chi connectivity index (χ0v) is 14.0. The van der Waals surface area contributed by atoms with Crippen LogP contribution in [0.5, 0.6) is 0 Å². The Balaban J connectivity index is 2.08. The molecule has 1 amide bonds. The average Bonchev–Trinajstić information content (AvgIpc) is 2.45. The van der Waals surface area contributed by atoms with Crippen molar-refractivity contribution in [2.75, 3.05) is 11.6 Å². The summed E-state index contributed by atoms with van der Waals surface area (Å²) >= 11 is 0. The number of hydrogen-bond donors (Lipinski definition) is 1. The summed E-state index contributed by atoms with van der Waals surface area (Å²) in [6.45, 7) is 3.97. The maximum atomic E-state index is 12.2. The van der Waals surface area contributed by atoms with Gasteiger partial charge in [-0.15, -0.1) is 0 Å². The Kier molecular flexibility index (Phi) is 5.50. The van der Waals surface area contributed by atoms with Crippen LogP contribution in [0.2, 0.25) is 0 Å². The molecule has 0 radical (unpaired) electrons. The van der Waals surface area contributed by atoms with Gasteiger partial charge in [-0.1, -0.05) is 42.0 Å². The highest BCUT2D eigenvalue weighted by Crippen LogP contribution is 2.20. The molecule has 0 spiro atoms. The zero-order chi connectivity index (χ0) is 16.1. The van der Waals surface area contributed by atoms with E-state index in [1.54, 1.807) is 6.26 Å². The number of benzene rings is 2. The van der Waals surface area contributed by atoms with Crippen LogP contribution in [0.1, 0.15) is 22.3 Å². The molecule has 2 aromatic rings. The lowest BCUT2D eigenvalue weighted by Crippen LogP contribution is -2.15. The fraction of sp³-hybridized carbons (Fsp3) is 0.278. The van der Waals surface area contributed by atoms with Crippen molar-refractivity contribution in [3.05, 3.63) is 64.7 Å². The van der Waals surface area contributed by atoms with E-state index in [0.717, 1.165) is 22.4 Å². The van der Waals surface area contributed by atoms with E-state index in [1.807, 2.05) is 56.3 Å². The van der Waals surface area contributed by atoms with Crippen LogP contribution < -0.4 is 5.32 Å². The van der Waals surface area contributed by atoms with E-state index in [0.29, 0.717) is 12.2 Å². The van der Waals surface area contributed by atoms with E-state index in [9.17, 15) is 9.00 Å². The van der Waals surface area contributed by atoms with Gasteiger partial charge >= 0.3 is 0 Å². The first-order valence-electron chi connectivity index (χ1n) is 7.19. The van der Waals surface area contributed by atoms with Gasteiger partial charge in [0.05, 0.1) is 6.42 Å². The number of nitrogens with one attached hydrogen (secondary N) is 1. The number of amides is 1. The van der Waals surface area contributed by atoms with Crippen LogP contribution >= 0.6 is 0 Å². The topological polar surface area (TPSA) is 46.2 Å². The Hall–Kier alpha value is -1.94. The molecule has 4 heteroatoms. The van der Waals surface area contributed by atoms with Crippen molar-refractivity contribution in [3.63, 3.8) is 0 Å². The molecular formula is C18H21NO2S. The lowest BCUT2D eigenvalue weighted by Gasteiger charge is -2.12. The predicted octanol–water partition coefficient (Wildman–Crippen LogP) is 3.36. The van der Waals surface area contributed by atoms with Crippen LogP contribution in [0.25, 0.3) is 0 Å². The monoisotopic (exact) mass is 315 g/mol. The summed E-state index contributed by atoms with van der Waals surface area (Å²) in [5.74, 6) is 0.467. The van der Waals surface area contributed by atoms with Gasteiger partial charge < -0.3 is 5.32 Å². The number of hydrogen-bond acceptors (Lipinski definition) is 2. The second kappa shape index (κ2) is 7.36. The Labute approximate surface area is 134 Å². The molecule has 2 rings (SSSR count). The van der Waals surface area contributed by atoms with Gasteiger partial charge in [0.1, 0.15) is 0 Å². The molecule has 1 atom stereocenters. The summed E-state index contributed by atoms with van der Waals surface area (Å²) in [5, 5.41) is 2.95. The largest absolute Gasteiger partial charge is 0.326 e. The van der Waals surface area contributed by atoms with Gasteiger partial charge in [-0.25, -0.2) is 0 Å². The molecule has 0 aliphatic heterocycles. The number of carbonyl (C=O) groups excluding carboxylic acids is 1. The number of rotatable bonds is 5. The van der Waals surface area contributed by atoms with E-state index in [4.69, 9.17) is 0 Å². The Bertz CT molecular complexity index is 693. The van der Waals surface area contributed by atoms with Crippen molar-refractivity contribution in [1.29, 1.82) is 0 Å². The van der Waals surface area contributed by atoms with E-state index in [2.05, 4.69) is 5.32 Å². The van der Waals surface area contributed by atoms with E-state index < -0.39 is 10.8 Å². The summed E-state index contributed by atoms with van der Waals surface area (Å²) in [5.41, 5.74) is 4.95. The maximum Gasteiger partial charge on any atom is 0.228 e. The van der Waals surface area contributed by atoms with Gasteiger partial charge in [0, 0.05) is 28.5 Å². The molecule has 2 aromatic carbocycles. The molecule has 1 N–H and O–H groups in total. The summed E-state index contributed by atoms with van der Waals surface area (Å²) in [4.78, 5) is 12.2. The van der Waals surface area contributed by atoms with Crippen molar-refractivity contribution >= 4 is 22.4 Å². The van der Waals surface area contributed by atoms with Gasteiger partial charge in [-0.2, -0.15) is 0 Å². The molecule has 0 aliphatic rings. The second-order valence-electron chi connectivity index (χ2n) is 5.52. The molecule has 0 unspecified atom stereocenters. The van der Waals surface area contributed by atoms with Crippen LogP contribution in [-0.4, -0.2) is 16.4 Å². The first-order chi connectivity index (χ1) is 10.5.